The molecule has 0 aliphatic heterocycles. The van der Waals surface area contributed by atoms with E-state index in [1.807, 2.05) is 6.07 Å². The molecule has 1 aliphatic rings. The van der Waals surface area contributed by atoms with Crippen molar-refractivity contribution < 1.29 is 5.11 Å². The summed E-state index contributed by atoms with van der Waals surface area (Å²) in [4.78, 5) is 7.27. The minimum Gasteiger partial charge on any atom is -0.391 e. The fourth-order valence-corrected chi connectivity index (χ4v) is 3.22. The summed E-state index contributed by atoms with van der Waals surface area (Å²) in [5.41, 5.74) is 1.99. The molecular weight excluding hydrogens is 246 g/mol. The van der Waals surface area contributed by atoms with Gasteiger partial charge in [0.25, 0.3) is 0 Å². The first-order valence-electron chi connectivity index (χ1n) is 6.49. The van der Waals surface area contributed by atoms with Crippen molar-refractivity contribution in [3.63, 3.8) is 0 Å². The molecule has 3 rings (SSSR count). The van der Waals surface area contributed by atoms with E-state index in [1.165, 1.54) is 6.42 Å². The van der Waals surface area contributed by atoms with Crippen LogP contribution in [0.1, 0.15) is 38.1 Å². The van der Waals surface area contributed by atoms with Crippen LogP contribution in [0.25, 0.3) is 11.0 Å². The maximum Gasteiger partial charge on any atom is 0.178 e. The Morgan fingerprint density at radius 2 is 2.17 bits per heavy atom. The van der Waals surface area contributed by atoms with E-state index in [9.17, 15) is 5.11 Å². The molecule has 0 bridgehead atoms. The molecule has 18 heavy (non-hydrogen) atoms. The smallest absolute Gasteiger partial charge is 0.178 e. The quantitative estimate of drug-likeness (QED) is 0.614. The molecule has 96 valence electrons. The average molecular weight is 263 g/mol. The number of rotatable bonds is 1. The molecule has 2 aromatic heterocycles. The van der Waals surface area contributed by atoms with Gasteiger partial charge >= 0.3 is 0 Å². The van der Waals surface area contributed by atoms with Gasteiger partial charge in [0.05, 0.1) is 29.4 Å². The van der Waals surface area contributed by atoms with E-state index in [1.54, 1.807) is 12.4 Å². The summed E-state index contributed by atoms with van der Waals surface area (Å²) < 4.78 is 2.76. The zero-order chi connectivity index (χ0) is 12.5. The Hall–Kier alpha value is -1.20. The molecule has 2 N–H and O–H groups in total. The van der Waals surface area contributed by atoms with Crippen molar-refractivity contribution in [2.75, 3.05) is 0 Å². The van der Waals surface area contributed by atoms with Crippen molar-refractivity contribution in [1.29, 1.82) is 0 Å². The summed E-state index contributed by atoms with van der Waals surface area (Å²) in [6.45, 7) is 0. The molecule has 2 aromatic rings. The van der Waals surface area contributed by atoms with Crippen molar-refractivity contribution in [2.24, 2.45) is 0 Å². The minimum atomic E-state index is -0.300. The highest BCUT2D eigenvalue weighted by Gasteiger charge is 2.25. The highest BCUT2D eigenvalue weighted by atomic mass is 32.1. The summed E-state index contributed by atoms with van der Waals surface area (Å²) >= 11 is 5.40. The van der Waals surface area contributed by atoms with Crippen LogP contribution in [0, 0.1) is 4.77 Å². The number of nitrogens with one attached hydrogen (secondary N) is 1. The zero-order valence-electron chi connectivity index (χ0n) is 10.2. The SMILES string of the molecule is OC1CCCCCC1n1c(=S)[nH]c2cnccc21. The second kappa shape index (κ2) is 4.82. The molecule has 1 saturated carbocycles. The van der Waals surface area contributed by atoms with Gasteiger partial charge in [-0.25, -0.2) is 0 Å². The van der Waals surface area contributed by atoms with E-state index < -0.39 is 0 Å². The maximum atomic E-state index is 10.3. The van der Waals surface area contributed by atoms with E-state index in [-0.39, 0.29) is 12.1 Å². The number of aliphatic hydroxyl groups is 1. The van der Waals surface area contributed by atoms with Crippen LogP contribution in [0.3, 0.4) is 0 Å². The lowest BCUT2D eigenvalue weighted by atomic mass is 10.1. The summed E-state index contributed by atoms with van der Waals surface area (Å²) in [7, 11) is 0. The van der Waals surface area contributed by atoms with E-state index in [4.69, 9.17) is 12.2 Å². The van der Waals surface area contributed by atoms with Crippen LogP contribution in [0.4, 0.5) is 0 Å². The summed E-state index contributed by atoms with van der Waals surface area (Å²) in [6.07, 6.45) is 8.57. The van der Waals surface area contributed by atoms with Gasteiger partial charge in [0.2, 0.25) is 0 Å². The molecule has 0 aromatic carbocycles. The number of aliphatic hydroxyl groups excluding tert-OH is 1. The Morgan fingerprint density at radius 1 is 1.33 bits per heavy atom. The second-order valence-corrected chi connectivity index (χ2v) is 5.35. The molecule has 2 heterocycles. The third-order valence-corrected chi connectivity index (χ3v) is 4.09. The number of fused-ring (bicyclic) bond motifs is 1. The third kappa shape index (κ3) is 1.97. The van der Waals surface area contributed by atoms with Gasteiger partial charge in [-0.2, -0.15) is 0 Å². The number of hydrogen-bond acceptors (Lipinski definition) is 3. The lowest BCUT2D eigenvalue weighted by Crippen LogP contribution is -2.23. The maximum absolute atomic E-state index is 10.3. The van der Waals surface area contributed by atoms with Crippen molar-refractivity contribution in [2.45, 2.75) is 44.2 Å². The highest BCUT2D eigenvalue weighted by Crippen LogP contribution is 2.30. The van der Waals surface area contributed by atoms with Gasteiger partial charge in [-0.15, -0.1) is 0 Å². The van der Waals surface area contributed by atoms with Crippen LogP contribution >= 0.6 is 12.2 Å². The zero-order valence-corrected chi connectivity index (χ0v) is 11.0. The first-order chi connectivity index (χ1) is 8.77. The van der Waals surface area contributed by atoms with Crippen molar-refractivity contribution in [3.05, 3.63) is 23.2 Å². The van der Waals surface area contributed by atoms with E-state index in [2.05, 4.69) is 14.5 Å². The highest BCUT2D eigenvalue weighted by molar-refractivity contribution is 7.71. The number of imidazole rings is 1. The van der Waals surface area contributed by atoms with Crippen molar-refractivity contribution in [1.82, 2.24) is 14.5 Å². The minimum absolute atomic E-state index is 0.0937. The lowest BCUT2D eigenvalue weighted by Gasteiger charge is -2.22. The van der Waals surface area contributed by atoms with Gasteiger partial charge < -0.3 is 14.7 Å². The summed E-state index contributed by atoms with van der Waals surface area (Å²) in [6, 6.07) is 2.05. The fourth-order valence-electron chi connectivity index (χ4n) is 2.88. The number of pyridine rings is 1. The molecule has 4 nitrogen and oxygen atoms in total. The lowest BCUT2D eigenvalue weighted by molar-refractivity contribution is 0.107. The van der Waals surface area contributed by atoms with Crippen LogP contribution < -0.4 is 0 Å². The predicted molar refractivity (Wildman–Crippen MR) is 73.0 cm³/mol. The molecular formula is C13H17N3OS. The molecule has 2 atom stereocenters. The Balaban J connectivity index is 2.12. The molecule has 1 aliphatic carbocycles. The molecule has 0 radical (unpaired) electrons. The first-order valence-corrected chi connectivity index (χ1v) is 6.90. The number of nitrogens with zero attached hydrogens (tertiary/aromatic N) is 2. The second-order valence-electron chi connectivity index (χ2n) is 4.97. The summed E-state index contributed by atoms with van der Waals surface area (Å²) in [5.74, 6) is 0. The van der Waals surface area contributed by atoms with Gasteiger partial charge in [-0.1, -0.05) is 19.3 Å². The topological polar surface area (TPSA) is 53.8 Å². The van der Waals surface area contributed by atoms with Gasteiger partial charge in [0.15, 0.2) is 4.77 Å². The number of hydrogen-bond donors (Lipinski definition) is 2. The normalized spacial score (nSPS) is 25.2. The van der Waals surface area contributed by atoms with Crippen LogP contribution in [0.2, 0.25) is 0 Å². The average Bonchev–Trinajstić information content (AvgIpc) is 2.55. The Labute approximate surface area is 111 Å². The van der Waals surface area contributed by atoms with Gasteiger partial charge in [-0.05, 0) is 31.1 Å². The van der Waals surface area contributed by atoms with E-state index in [0.717, 1.165) is 36.7 Å². The molecule has 5 heteroatoms. The number of H-pyrrole nitrogens is 1. The monoisotopic (exact) mass is 263 g/mol. The third-order valence-electron chi connectivity index (χ3n) is 3.79. The number of aromatic amines is 1. The van der Waals surface area contributed by atoms with Gasteiger partial charge in [-0.3, -0.25) is 4.98 Å². The van der Waals surface area contributed by atoms with Crippen LogP contribution in [0.15, 0.2) is 18.5 Å². The molecule has 1 fully saturated rings. The van der Waals surface area contributed by atoms with Gasteiger partial charge in [0.1, 0.15) is 0 Å². The van der Waals surface area contributed by atoms with Gasteiger partial charge in [0, 0.05) is 6.20 Å². The van der Waals surface area contributed by atoms with Crippen LogP contribution in [0.5, 0.6) is 0 Å². The predicted octanol–water partition coefficient (Wildman–Crippen LogP) is 2.96. The Bertz CT molecular complexity index is 604. The van der Waals surface area contributed by atoms with Crippen molar-refractivity contribution >= 4 is 23.3 Å². The molecule has 0 amide bonds. The Kier molecular flexibility index (Phi) is 3.18. The molecule has 0 saturated heterocycles. The van der Waals surface area contributed by atoms with Crippen molar-refractivity contribution in [3.8, 4) is 0 Å². The van der Waals surface area contributed by atoms with E-state index >= 15 is 0 Å². The molecule has 2 unspecified atom stereocenters. The molecule has 0 spiro atoms. The number of aromatic nitrogens is 3. The fraction of sp³-hybridized carbons (Fsp3) is 0.538. The van der Waals surface area contributed by atoms with E-state index in [0.29, 0.717) is 4.77 Å². The Morgan fingerprint density at radius 3 is 3.06 bits per heavy atom. The van der Waals surface area contributed by atoms with Crippen LogP contribution in [-0.2, 0) is 0 Å². The summed E-state index contributed by atoms with van der Waals surface area (Å²) in [5, 5.41) is 10.3. The largest absolute Gasteiger partial charge is 0.391 e. The first kappa shape index (κ1) is 11.9. The standard InChI is InChI=1S/C13H17N3OS/c17-12-5-3-1-2-4-11(12)16-10-6-7-14-8-9(10)15-13(16)18/h6-8,11-12,17H,1-5H2,(H,15,18). The van der Waals surface area contributed by atoms with Crippen LogP contribution in [-0.4, -0.2) is 25.7 Å².